The predicted molar refractivity (Wildman–Crippen MR) is 78.1 cm³/mol. The van der Waals surface area contributed by atoms with Crippen molar-refractivity contribution >= 4 is 33.1 Å². The van der Waals surface area contributed by atoms with E-state index in [0.29, 0.717) is 16.2 Å². The highest BCUT2D eigenvalue weighted by Crippen LogP contribution is 2.30. The molecule has 96 valence electrons. The average molecular weight is 328 g/mol. The summed E-state index contributed by atoms with van der Waals surface area (Å²) in [6, 6.07) is 4.26. The topological polar surface area (TPSA) is 57.8 Å². The smallest absolute Gasteiger partial charge is 0.267 e. The number of halogens is 1. The van der Waals surface area contributed by atoms with Crippen molar-refractivity contribution in [2.45, 2.75) is 19.9 Å². The lowest BCUT2D eigenvalue weighted by atomic mass is 10.0. The van der Waals surface area contributed by atoms with Crippen molar-refractivity contribution < 1.29 is 0 Å². The lowest BCUT2D eigenvalue weighted by Crippen LogP contribution is -2.19. The zero-order chi connectivity index (χ0) is 13.1. The van der Waals surface area contributed by atoms with E-state index in [1.54, 1.807) is 11.3 Å². The van der Waals surface area contributed by atoms with Crippen molar-refractivity contribution in [1.82, 2.24) is 9.97 Å². The Morgan fingerprint density at radius 2 is 2.28 bits per heavy atom. The molecule has 2 aromatic rings. The van der Waals surface area contributed by atoms with Crippen LogP contribution >= 0.6 is 27.3 Å². The molecule has 1 unspecified atom stereocenters. The Kier molecular flexibility index (Phi) is 4.19. The molecule has 2 aromatic heterocycles. The summed E-state index contributed by atoms with van der Waals surface area (Å²) in [5.41, 5.74) is -0.179. The maximum absolute atomic E-state index is 11.5. The molecule has 2 N–H and O–H groups in total. The van der Waals surface area contributed by atoms with E-state index in [1.165, 1.54) is 11.2 Å². The Morgan fingerprint density at radius 1 is 1.50 bits per heavy atom. The van der Waals surface area contributed by atoms with E-state index < -0.39 is 0 Å². The van der Waals surface area contributed by atoms with Gasteiger partial charge in [0.2, 0.25) is 0 Å². The van der Waals surface area contributed by atoms with E-state index in [4.69, 9.17) is 0 Å². The van der Waals surface area contributed by atoms with Crippen LogP contribution in [0.15, 0.2) is 33.1 Å². The summed E-state index contributed by atoms with van der Waals surface area (Å²) < 4.78 is 0.437. The van der Waals surface area contributed by atoms with Crippen molar-refractivity contribution in [3.8, 4) is 0 Å². The second kappa shape index (κ2) is 5.67. The molecule has 0 aliphatic rings. The number of nitrogens with zero attached hydrogens (tertiary/aromatic N) is 1. The van der Waals surface area contributed by atoms with Gasteiger partial charge in [-0.05, 0) is 33.3 Å². The molecule has 0 saturated carbocycles. The van der Waals surface area contributed by atoms with Gasteiger partial charge in [0, 0.05) is 4.88 Å². The Labute approximate surface area is 118 Å². The number of aromatic amines is 1. The minimum atomic E-state index is -0.179. The summed E-state index contributed by atoms with van der Waals surface area (Å²) in [5.74, 6) is 0.975. The van der Waals surface area contributed by atoms with Gasteiger partial charge in [-0.2, -0.15) is 0 Å². The highest BCUT2D eigenvalue weighted by Gasteiger charge is 2.18. The SMILES string of the molecule is CC(C)C(Nc1nc[nH]c(=O)c1Br)c1cccs1. The lowest BCUT2D eigenvalue weighted by molar-refractivity contribution is 0.551. The van der Waals surface area contributed by atoms with Crippen LogP contribution in [0.25, 0.3) is 0 Å². The van der Waals surface area contributed by atoms with Crippen LogP contribution in [0.3, 0.4) is 0 Å². The van der Waals surface area contributed by atoms with Crippen LogP contribution in [0.2, 0.25) is 0 Å². The molecule has 0 aliphatic heterocycles. The van der Waals surface area contributed by atoms with Gasteiger partial charge in [-0.3, -0.25) is 4.79 Å². The number of anilines is 1. The Morgan fingerprint density at radius 3 is 2.89 bits per heavy atom. The summed E-state index contributed by atoms with van der Waals surface area (Å²) in [6.45, 7) is 4.27. The zero-order valence-corrected chi connectivity index (χ0v) is 12.5. The van der Waals surface area contributed by atoms with Gasteiger partial charge in [-0.1, -0.05) is 19.9 Å². The molecule has 0 saturated heterocycles. The fourth-order valence-electron chi connectivity index (χ4n) is 1.67. The molecule has 2 heterocycles. The molecule has 0 spiro atoms. The van der Waals surface area contributed by atoms with E-state index in [1.807, 2.05) is 11.4 Å². The van der Waals surface area contributed by atoms with Crippen LogP contribution in [0, 0.1) is 5.92 Å². The van der Waals surface area contributed by atoms with Crippen LogP contribution in [0.5, 0.6) is 0 Å². The number of nitrogens with one attached hydrogen (secondary N) is 2. The van der Waals surface area contributed by atoms with E-state index in [0.717, 1.165) is 0 Å². The first-order valence-corrected chi connectivity index (χ1v) is 7.30. The van der Waals surface area contributed by atoms with Crippen molar-refractivity contribution in [2.24, 2.45) is 5.92 Å². The maximum Gasteiger partial charge on any atom is 0.267 e. The van der Waals surface area contributed by atoms with Crippen molar-refractivity contribution in [1.29, 1.82) is 0 Å². The second-order valence-electron chi connectivity index (χ2n) is 4.28. The van der Waals surface area contributed by atoms with Crippen molar-refractivity contribution in [3.05, 3.63) is 43.5 Å². The molecule has 0 aliphatic carbocycles. The summed E-state index contributed by atoms with van der Waals surface area (Å²) in [5, 5.41) is 5.37. The van der Waals surface area contributed by atoms with E-state index in [-0.39, 0.29) is 11.6 Å². The highest BCUT2D eigenvalue weighted by atomic mass is 79.9. The molecule has 1 atom stereocenters. The number of hydrogen-bond donors (Lipinski definition) is 2. The second-order valence-corrected chi connectivity index (χ2v) is 6.05. The molecule has 2 rings (SSSR count). The average Bonchev–Trinajstić information content (AvgIpc) is 2.84. The number of H-pyrrole nitrogens is 1. The molecule has 4 nitrogen and oxygen atoms in total. The summed E-state index contributed by atoms with van der Waals surface area (Å²) in [6.07, 6.45) is 1.40. The molecular weight excluding hydrogens is 314 g/mol. The minimum absolute atomic E-state index is 0.149. The molecule has 0 radical (unpaired) electrons. The summed E-state index contributed by atoms with van der Waals surface area (Å²) in [7, 11) is 0. The van der Waals surface area contributed by atoms with E-state index in [2.05, 4.69) is 51.1 Å². The van der Waals surface area contributed by atoms with E-state index >= 15 is 0 Å². The summed E-state index contributed by atoms with van der Waals surface area (Å²) in [4.78, 5) is 19.4. The number of rotatable bonds is 4. The highest BCUT2D eigenvalue weighted by molar-refractivity contribution is 9.10. The van der Waals surface area contributed by atoms with Gasteiger partial charge in [0.25, 0.3) is 5.56 Å². The van der Waals surface area contributed by atoms with E-state index in [9.17, 15) is 4.79 Å². The van der Waals surface area contributed by atoms with Gasteiger partial charge in [0.05, 0.1) is 12.4 Å². The Balaban J connectivity index is 2.30. The number of thiophene rings is 1. The quantitative estimate of drug-likeness (QED) is 0.904. The number of hydrogen-bond acceptors (Lipinski definition) is 4. The molecule has 18 heavy (non-hydrogen) atoms. The zero-order valence-electron chi connectivity index (χ0n) is 10.1. The third kappa shape index (κ3) is 2.81. The van der Waals surface area contributed by atoms with Crippen molar-refractivity contribution in [2.75, 3.05) is 5.32 Å². The van der Waals surface area contributed by atoms with Crippen LogP contribution in [0.1, 0.15) is 24.8 Å². The third-order valence-corrected chi connectivity index (χ3v) is 4.30. The largest absolute Gasteiger partial charge is 0.361 e. The Bertz CT molecular complexity index is 565. The van der Waals surface area contributed by atoms with Gasteiger partial charge < -0.3 is 10.3 Å². The fraction of sp³-hybridized carbons (Fsp3) is 0.333. The number of aromatic nitrogens is 2. The van der Waals surface area contributed by atoms with Gasteiger partial charge in [-0.15, -0.1) is 11.3 Å². The maximum atomic E-state index is 11.5. The lowest BCUT2D eigenvalue weighted by Gasteiger charge is -2.22. The van der Waals surface area contributed by atoms with Crippen LogP contribution < -0.4 is 10.9 Å². The van der Waals surface area contributed by atoms with Crippen LogP contribution in [0.4, 0.5) is 5.82 Å². The minimum Gasteiger partial charge on any atom is -0.361 e. The first-order chi connectivity index (χ1) is 8.59. The standard InChI is InChI=1S/C12H14BrN3OS/c1-7(2)10(8-4-3-5-18-8)16-11-9(13)12(17)15-6-14-11/h3-7,10H,1-2H3,(H2,14,15,16,17). The molecule has 0 fully saturated rings. The van der Waals surface area contributed by atoms with Gasteiger partial charge in [0.1, 0.15) is 10.3 Å². The monoisotopic (exact) mass is 327 g/mol. The fourth-order valence-corrected chi connectivity index (χ4v) is 2.95. The Hall–Kier alpha value is -1.14. The molecule has 0 bridgehead atoms. The first-order valence-electron chi connectivity index (χ1n) is 5.62. The van der Waals surface area contributed by atoms with Gasteiger partial charge >= 0.3 is 0 Å². The third-order valence-electron chi connectivity index (χ3n) is 2.61. The van der Waals surface area contributed by atoms with Gasteiger partial charge in [-0.25, -0.2) is 4.98 Å². The summed E-state index contributed by atoms with van der Waals surface area (Å²) >= 11 is 4.95. The van der Waals surface area contributed by atoms with Gasteiger partial charge in [0.15, 0.2) is 0 Å². The van der Waals surface area contributed by atoms with Crippen LogP contribution in [-0.2, 0) is 0 Å². The first kappa shape index (κ1) is 13.3. The molecule has 0 aromatic carbocycles. The molecular formula is C12H14BrN3OS. The predicted octanol–water partition coefficient (Wildman–Crippen LogP) is 3.40. The van der Waals surface area contributed by atoms with Crippen molar-refractivity contribution in [3.63, 3.8) is 0 Å². The molecule has 0 amide bonds. The van der Waals surface area contributed by atoms with Crippen LogP contribution in [-0.4, -0.2) is 9.97 Å². The normalized spacial score (nSPS) is 12.7. The molecule has 6 heteroatoms.